The standard InChI is InChI=1S/C13H15BrN2O2/c1-17-12-6-8(14)5-10(13(12)18-2)11-4-3-9(7-15)16-11/h3-6,16H,7,15H2,1-2H3. The summed E-state index contributed by atoms with van der Waals surface area (Å²) in [6.07, 6.45) is 0. The Balaban J connectivity index is 2.58. The van der Waals surface area contributed by atoms with Crippen LogP contribution in [0.25, 0.3) is 11.3 Å². The summed E-state index contributed by atoms with van der Waals surface area (Å²) >= 11 is 3.46. The van der Waals surface area contributed by atoms with Crippen LogP contribution in [0.5, 0.6) is 11.5 Å². The van der Waals surface area contributed by atoms with Gasteiger partial charge in [-0.3, -0.25) is 0 Å². The van der Waals surface area contributed by atoms with Crippen LogP contribution in [0, 0.1) is 0 Å². The predicted octanol–water partition coefficient (Wildman–Crippen LogP) is 2.92. The maximum atomic E-state index is 5.60. The summed E-state index contributed by atoms with van der Waals surface area (Å²) in [6, 6.07) is 7.79. The first-order valence-corrected chi connectivity index (χ1v) is 6.28. The molecular formula is C13H15BrN2O2. The molecule has 2 aromatic rings. The molecule has 3 N–H and O–H groups in total. The molecule has 0 atom stereocenters. The van der Waals surface area contributed by atoms with E-state index in [0.717, 1.165) is 21.4 Å². The lowest BCUT2D eigenvalue weighted by Crippen LogP contribution is -1.97. The molecular weight excluding hydrogens is 296 g/mol. The number of aromatic amines is 1. The molecule has 0 fully saturated rings. The fraction of sp³-hybridized carbons (Fsp3) is 0.231. The molecule has 1 aromatic carbocycles. The van der Waals surface area contributed by atoms with Gasteiger partial charge in [-0.05, 0) is 24.3 Å². The average molecular weight is 311 g/mol. The Morgan fingerprint density at radius 3 is 2.56 bits per heavy atom. The smallest absolute Gasteiger partial charge is 0.170 e. The van der Waals surface area contributed by atoms with Crippen molar-refractivity contribution in [2.24, 2.45) is 5.73 Å². The molecule has 0 aliphatic carbocycles. The highest BCUT2D eigenvalue weighted by Gasteiger charge is 2.14. The van der Waals surface area contributed by atoms with Gasteiger partial charge in [0.2, 0.25) is 0 Å². The lowest BCUT2D eigenvalue weighted by Gasteiger charge is -2.12. The zero-order valence-electron chi connectivity index (χ0n) is 10.3. The topological polar surface area (TPSA) is 60.3 Å². The van der Waals surface area contributed by atoms with Crippen LogP contribution in [-0.4, -0.2) is 19.2 Å². The van der Waals surface area contributed by atoms with Crippen molar-refractivity contribution in [3.05, 3.63) is 34.4 Å². The van der Waals surface area contributed by atoms with Crippen LogP contribution >= 0.6 is 15.9 Å². The van der Waals surface area contributed by atoms with Gasteiger partial charge >= 0.3 is 0 Å². The van der Waals surface area contributed by atoms with E-state index in [4.69, 9.17) is 15.2 Å². The Morgan fingerprint density at radius 1 is 1.22 bits per heavy atom. The van der Waals surface area contributed by atoms with Crippen molar-refractivity contribution in [1.29, 1.82) is 0 Å². The van der Waals surface area contributed by atoms with E-state index >= 15 is 0 Å². The monoisotopic (exact) mass is 310 g/mol. The zero-order chi connectivity index (χ0) is 13.1. The van der Waals surface area contributed by atoms with Gasteiger partial charge in [-0.25, -0.2) is 0 Å². The number of halogens is 1. The number of rotatable bonds is 4. The van der Waals surface area contributed by atoms with E-state index in [1.165, 1.54) is 0 Å². The number of benzene rings is 1. The summed E-state index contributed by atoms with van der Waals surface area (Å²) in [5.74, 6) is 1.39. The molecule has 0 radical (unpaired) electrons. The second kappa shape index (κ2) is 5.46. The minimum Gasteiger partial charge on any atom is -0.493 e. The lowest BCUT2D eigenvalue weighted by atomic mass is 10.1. The van der Waals surface area contributed by atoms with E-state index < -0.39 is 0 Å². The van der Waals surface area contributed by atoms with Gasteiger partial charge < -0.3 is 20.2 Å². The van der Waals surface area contributed by atoms with E-state index in [-0.39, 0.29) is 0 Å². The average Bonchev–Trinajstić information content (AvgIpc) is 2.86. The molecule has 18 heavy (non-hydrogen) atoms. The van der Waals surface area contributed by atoms with Gasteiger partial charge in [-0.15, -0.1) is 0 Å². The second-order valence-electron chi connectivity index (χ2n) is 3.79. The molecule has 2 rings (SSSR count). The highest BCUT2D eigenvalue weighted by Crippen LogP contribution is 2.40. The van der Waals surface area contributed by atoms with Crippen LogP contribution in [0.4, 0.5) is 0 Å². The van der Waals surface area contributed by atoms with Crippen LogP contribution in [0.15, 0.2) is 28.7 Å². The van der Waals surface area contributed by atoms with E-state index in [1.807, 2.05) is 24.3 Å². The van der Waals surface area contributed by atoms with Crippen molar-refractivity contribution in [2.45, 2.75) is 6.54 Å². The van der Waals surface area contributed by atoms with Gasteiger partial charge in [-0.1, -0.05) is 15.9 Å². The zero-order valence-corrected chi connectivity index (χ0v) is 11.9. The Kier molecular flexibility index (Phi) is 3.93. The van der Waals surface area contributed by atoms with E-state index in [1.54, 1.807) is 14.2 Å². The summed E-state index contributed by atoms with van der Waals surface area (Å²) in [4.78, 5) is 3.25. The van der Waals surface area contributed by atoms with Gasteiger partial charge in [0, 0.05) is 28.0 Å². The quantitative estimate of drug-likeness (QED) is 0.912. The molecule has 5 heteroatoms. The maximum Gasteiger partial charge on any atom is 0.170 e. The van der Waals surface area contributed by atoms with Crippen molar-refractivity contribution < 1.29 is 9.47 Å². The van der Waals surface area contributed by atoms with Crippen LogP contribution in [0.2, 0.25) is 0 Å². The van der Waals surface area contributed by atoms with Crippen molar-refractivity contribution >= 4 is 15.9 Å². The van der Waals surface area contributed by atoms with Crippen LogP contribution < -0.4 is 15.2 Å². The molecule has 0 saturated carbocycles. The van der Waals surface area contributed by atoms with Gasteiger partial charge in [0.25, 0.3) is 0 Å². The number of methoxy groups -OCH3 is 2. The van der Waals surface area contributed by atoms with E-state index in [0.29, 0.717) is 18.0 Å². The predicted molar refractivity (Wildman–Crippen MR) is 74.9 cm³/mol. The maximum absolute atomic E-state index is 5.60. The van der Waals surface area contributed by atoms with Crippen molar-refractivity contribution in [3.63, 3.8) is 0 Å². The molecule has 0 spiro atoms. The highest BCUT2D eigenvalue weighted by atomic mass is 79.9. The van der Waals surface area contributed by atoms with E-state index in [2.05, 4.69) is 20.9 Å². The number of nitrogens with one attached hydrogen (secondary N) is 1. The second-order valence-corrected chi connectivity index (χ2v) is 4.71. The molecule has 0 bridgehead atoms. The molecule has 0 amide bonds. The lowest BCUT2D eigenvalue weighted by molar-refractivity contribution is 0.356. The molecule has 0 aliphatic rings. The molecule has 0 aliphatic heterocycles. The highest BCUT2D eigenvalue weighted by molar-refractivity contribution is 9.10. The molecule has 1 aromatic heterocycles. The van der Waals surface area contributed by atoms with Crippen LogP contribution in [0.3, 0.4) is 0 Å². The van der Waals surface area contributed by atoms with Gasteiger partial charge in [0.1, 0.15) is 0 Å². The molecule has 4 nitrogen and oxygen atoms in total. The Hall–Kier alpha value is -1.46. The fourth-order valence-electron chi connectivity index (χ4n) is 1.85. The number of ether oxygens (including phenoxy) is 2. The van der Waals surface area contributed by atoms with Crippen molar-refractivity contribution in [3.8, 4) is 22.8 Å². The number of hydrogen-bond acceptors (Lipinski definition) is 3. The SMILES string of the molecule is COc1cc(Br)cc(-c2ccc(CN)[nH]2)c1OC. The summed E-state index contributed by atoms with van der Waals surface area (Å²) < 4.78 is 11.7. The number of H-pyrrole nitrogens is 1. The molecule has 0 unspecified atom stereocenters. The Labute approximate surface area is 114 Å². The number of hydrogen-bond donors (Lipinski definition) is 2. The summed E-state index contributed by atoms with van der Waals surface area (Å²) in [7, 11) is 3.25. The minimum atomic E-state index is 0.480. The fourth-order valence-corrected chi connectivity index (χ4v) is 2.28. The van der Waals surface area contributed by atoms with Gasteiger partial charge in [-0.2, -0.15) is 0 Å². The van der Waals surface area contributed by atoms with Crippen LogP contribution in [0.1, 0.15) is 5.69 Å². The first kappa shape index (κ1) is 13.0. The van der Waals surface area contributed by atoms with Crippen molar-refractivity contribution in [1.82, 2.24) is 4.98 Å². The minimum absolute atomic E-state index is 0.480. The van der Waals surface area contributed by atoms with Crippen LogP contribution in [-0.2, 0) is 6.54 Å². The Morgan fingerprint density at radius 2 is 2.00 bits per heavy atom. The third-order valence-corrected chi connectivity index (χ3v) is 3.16. The van der Waals surface area contributed by atoms with Gasteiger partial charge in [0.05, 0.1) is 14.2 Å². The summed E-state index contributed by atoms with van der Waals surface area (Å²) in [5.41, 5.74) is 8.46. The third-order valence-electron chi connectivity index (χ3n) is 2.70. The summed E-state index contributed by atoms with van der Waals surface area (Å²) in [5, 5.41) is 0. The largest absolute Gasteiger partial charge is 0.493 e. The third kappa shape index (κ3) is 2.37. The molecule has 0 saturated heterocycles. The molecule has 96 valence electrons. The first-order valence-electron chi connectivity index (χ1n) is 5.49. The normalized spacial score (nSPS) is 10.4. The summed E-state index contributed by atoms with van der Waals surface area (Å²) in [6.45, 7) is 0.480. The number of nitrogens with two attached hydrogens (primary N) is 1. The van der Waals surface area contributed by atoms with E-state index in [9.17, 15) is 0 Å². The number of aromatic nitrogens is 1. The van der Waals surface area contributed by atoms with Crippen molar-refractivity contribution in [2.75, 3.05) is 14.2 Å². The Bertz CT molecular complexity index is 552. The molecule has 1 heterocycles. The first-order chi connectivity index (χ1) is 8.69. The van der Waals surface area contributed by atoms with Gasteiger partial charge in [0.15, 0.2) is 11.5 Å².